The summed E-state index contributed by atoms with van der Waals surface area (Å²) in [5.74, 6) is 5.22. The molecule has 4 heteroatoms. The molecule has 4 nitrogen and oxygen atoms in total. The Morgan fingerprint density at radius 3 is 2.74 bits per heavy atom. The minimum atomic E-state index is -0.887. The standard InChI is InChI=1S/C15H19NO3/c1-11-7-8-13(10-12(11)6-5-9-17)16-14(18)15(2,3)19-4/h7-8,10,17H,9H2,1-4H3,(H,16,18). The number of nitrogens with one attached hydrogen (secondary N) is 1. The van der Waals surface area contributed by atoms with Gasteiger partial charge in [0.1, 0.15) is 12.2 Å². The molecule has 0 saturated heterocycles. The largest absolute Gasteiger partial charge is 0.384 e. The number of amides is 1. The van der Waals surface area contributed by atoms with E-state index in [1.807, 2.05) is 19.1 Å². The second-order valence-corrected chi connectivity index (χ2v) is 4.66. The summed E-state index contributed by atoms with van der Waals surface area (Å²) in [5, 5.41) is 11.5. The fourth-order valence-corrected chi connectivity index (χ4v) is 1.34. The third-order valence-electron chi connectivity index (χ3n) is 2.85. The number of carbonyl (C=O) groups is 1. The quantitative estimate of drug-likeness (QED) is 0.814. The number of carbonyl (C=O) groups excluding carboxylic acids is 1. The molecule has 0 aliphatic carbocycles. The Hall–Kier alpha value is -1.83. The van der Waals surface area contributed by atoms with Crippen LogP contribution in [0.15, 0.2) is 18.2 Å². The summed E-state index contributed by atoms with van der Waals surface area (Å²) in [4.78, 5) is 12.0. The Bertz CT molecular complexity index is 524. The molecule has 102 valence electrons. The van der Waals surface area contributed by atoms with Crippen LogP contribution >= 0.6 is 0 Å². The molecule has 0 aromatic heterocycles. The van der Waals surface area contributed by atoms with E-state index >= 15 is 0 Å². The van der Waals surface area contributed by atoms with Crippen molar-refractivity contribution in [3.8, 4) is 11.8 Å². The Morgan fingerprint density at radius 1 is 1.47 bits per heavy atom. The van der Waals surface area contributed by atoms with Crippen LogP contribution in [0, 0.1) is 18.8 Å². The van der Waals surface area contributed by atoms with Gasteiger partial charge in [-0.3, -0.25) is 4.79 Å². The van der Waals surface area contributed by atoms with E-state index in [4.69, 9.17) is 9.84 Å². The topological polar surface area (TPSA) is 58.6 Å². The first-order valence-corrected chi connectivity index (χ1v) is 5.97. The number of rotatable bonds is 3. The molecule has 1 aromatic carbocycles. The molecular weight excluding hydrogens is 242 g/mol. The van der Waals surface area contributed by atoms with Gasteiger partial charge in [-0.1, -0.05) is 17.9 Å². The number of hydrogen-bond donors (Lipinski definition) is 2. The second-order valence-electron chi connectivity index (χ2n) is 4.66. The zero-order valence-corrected chi connectivity index (χ0v) is 11.7. The average molecular weight is 261 g/mol. The van der Waals surface area contributed by atoms with Gasteiger partial charge in [0.25, 0.3) is 5.91 Å². The maximum atomic E-state index is 12.0. The van der Waals surface area contributed by atoms with E-state index < -0.39 is 5.60 Å². The summed E-state index contributed by atoms with van der Waals surface area (Å²) >= 11 is 0. The van der Waals surface area contributed by atoms with Crippen molar-refractivity contribution >= 4 is 11.6 Å². The van der Waals surface area contributed by atoms with Crippen molar-refractivity contribution in [2.24, 2.45) is 0 Å². The third-order valence-corrected chi connectivity index (χ3v) is 2.85. The first-order valence-electron chi connectivity index (χ1n) is 5.97. The predicted molar refractivity (Wildman–Crippen MR) is 74.9 cm³/mol. The van der Waals surface area contributed by atoms with Crippen LogP contribution in [-0.4, -0.2) is 30.3 Å². The van der Waals surface area contributed by atoms with Crippen molar-refractivity contribution in [3.05, 3.63) is 29.3 Å². The number of benzene rings is 1. The van der Waals surface area contributed by atoms with Gasteiger partial charge < -0.3 is 15.2 Å². The van der Waals surface area contributed by atoms with Gasteiger partial charge in [0, 0.05) is 18.4 Å². The molecule has 0 aliphatic heterocycles. The number of ether oxygens (including phenoxy) is 1. The molecule has 0 bridgehead atoms. The zero-order chi connectivity index (χ0) is 14.5. The van der Waals surface area contributed by atoms with Gasteiger partial charge >= 0.3 is 0 Å². The average Bonchev–Trinajstić information content (AvgIpc) is 2.39. The molecule has 0 spiro atoms. The molecule has 1 rings (SSSR count). The SMILES string of the molecule is COC(C)(C)C(=O)Nc1ccc(C)c(C#CCO)c1. The molecule has 0 aliphatic rings. The summed E-state index contributed by atoms with van der Waals surface area (Å²) in [7, 11) is 1.49. The van der Waals surface area contributed by atoms with Crippen LogP contribution in [-0.2, 0) is 9.53 Å². The van der Waals surface area contributed by atoms with E-state index in [0.717, 1.165) is 11.1 Å². The van der Waals surface area contributed by atoms with Crippen molar-refractivity contribution < 1.29 is 14.6 Å². The molecule has 0 saturated carbocycles. The molecule has 0 radical (unpaired) electrons. The summed E-state index contributed by atoms with van der Waals surface area (Å²) in [5.41, 5.74) is 1.54. The van der Waals surface area contributed by atoms with Crippen molar-refractivity contribution in [3.63, 3.8) is 0 Å². The van der Waals surface area contributed by atoms with E-state index in [1.165, 1.54) is 7.11 Å². The van der Waals surface area contributed by atoms with Crippen molar-refractivity contribution in [1.29, 1.82) is 0 Å². The van der Waals surface area contributed by atoms with Gasteiger partial charge in [-0.05, 0) is 38.5 Å². The van der Waals surface area contributed by atoms with E-state index in [-0.39, 0.29) is 12.5 Å². The predicted octanol–water partition coefficient (Wildman–Crippen LogP) is 1.70. The van der Waals surface area contributed by atoms with Crippen LogP contribution in [0.2, 0.25) is 0 Å². The third kappa shape index (κ3) is 4.09. The summed E-state index contributed by atoms with van der Waals surface area (Å²) in [6.45, 7) is 5.13. The normalized spacial score (nSPS) is 10.6. The lowest BCUT2D eigenvalue weighted by molar-refractivity contribution is -0.133. The molecule has 0 atom stereocenters. The molecule has 0 heterocycles. The highest BCUT2D eigenvalue weighted by Crippen LogP contribution is 2.17. The molecule has 19 heavy (non-hydrogen) atoms. The lowest BCUT2D eigenvalue weighted by Crippen LogP contribution is -2.38. The molecule has 0 fully saturated rings. The van der Waals surface area contributed by atoms with Crippen molar-refractivity contribution in [1.82, 2.24) is 0 Å². The van der Waals surface area contributed by atoms with Gasteiger partial charge in [0.2, 0.25) is 0 Å². The molecule has 2 N–H and O–H groups in total. The summed E-state index contributed by atoms with van der Waals surface area (Å²) < 4.78 is 5.12. The number of anilines is 1. The minimum absolute atomic E-state index is 0.188. The summed E-state index contributed by atoms with van der Waals surface area (Å²) in [6.07, 6.45) is 0. The highest BCUT2D eigenvalue weighted by Gasteiger charge is 2.26. The first-order chi connectivity index (χ1) is 8.90. The number of aliphatic hydroxyl groups is 1. The fraction of sp³-hybridized carbons (Fsp3) is 0.400. The van der Waals surface area contributed by atoms with Crippen LogP contribution in [0.5, 0.6) is 0 Å². The lowest BCUT2D eigenvalue weighted by atomic mass is 10.1. The first kappa shape index (κ1) is 15.2. The highest BCUT2D eigenvalue weighted by molar-refractivity contribution is 5.96. The van der Waals surface area contributed by atoms with Crippen molar-refractivity contribution in [2.45, 2.75) is 26.4 Å². The molecule has 1 amide bonds. The van der Waals surface area contributed by atoms with Crippen LogP contribution in [0.25, 0.3) is 0 Å². The van der Waals surface area contributed by atoms with Crippen LogP contribution in [0.3, 0.4) is 0 Å². The van der Waals surface area contributed by atoms with Gasteiger partial charge in [0.05, 0.1) is 0 Å². The van der Waals surface area contributed by atoms with E-state index in [9.17, 15) is 4.79 Å². The number of aliphatic hydroxyl groups excluding tert-OH is 1. The van der Waals surface area contributed by atoms with Gasteiger partial charge in [-0.2, -0.15) is 0 Å². The van der Waals surface area contributed by atoms with E-state index in [1.54, 1.807) is 19.9 Å². The Labute approximate surface area is 113 Å². The number of aryl methyl sites for hydroxylation is 1. The summed E-state index contributed by atoms with van der Waals surface area (Å²) in [6, 6.07) is 5.46. The number of methoxy groups -OCH3 is 1. The molecule has 1 aromatic rings. The maximum Gasteiger partial charge on any atom is 0.256 e. The number of hydrogen-bond acceptors (Lipinski definition) is 3. The monoisotopic (exact) mass is 261 g/mol. The van der Waals surface area contributed by atoms with Crippen LogP contribution in [0.1, 0.15) is 25.0 Å². The van der Waals surface area contributed by atoms with E-state index in [0.29, 0.717) is 5.69 Å². The Kier molecular flexibility index (Phi) is 5.11. The lowest BCUT2D eigenvalue weighted by Gasteiger charge is -2.21. The van der Waals surface area contributed by atoms with E-state index in [2.05, 4.69) is 17.2 Å². The molecule has 0 unspecified atom stereocenters. The van der Waals surface area contributed by atoms with Gasteiger partial charge in [0.15, 0.2) is 0 Å². The highest BCUT2D eigenvalue weighted by atomic mass is 16.5. The zero-order valence-electron chi connectivity index (χ0n) is 11.7. The minimum Gasteiger partial charge on any atom is -0.384 e. The Balaban J connectivity index is 2.95. The van der Waals surface area contributed by atoms with Crippen LogP contribution < -0.4 is 5.32 Å². The van der Waals surface area contributed by atoms with Gasteiger partial charge in [-0.15, -0.1) is 0 Å². The maximum absolute atomic E-state index is 12.0. The fourth-order valence-electron chi connectivity index (χ4n) is 1.34. The van der Waals surface area contributed by atoms with Crippen molar-refractivity contribution in [2.75, 3.05) is 19.0 Å². The molecular formula is C15H19NO3. The second kappa shape index (κ2) is 6.37. The van der Waals surface area contributed by atoms with Crippen LogP contribution in [0.4, 0.5) is 5.69 Å². The van der Waals surface area contributed by atoms with Gasteiger partial charge in [-0.25, -0.2) is 0 Å². The Morgan fingerprint density at radius 2 is 2.16 bits per heavy atom. The smallest absolute Gasteiger partial charge is 0.256 e.